The molecule has 1 fully saturated rings. The van der Waals surface area contributed by atoms with Crippen LogP contribution in [0.5, 0.6) is 0 Å². The molecule has 1 saturated heterocycles. The van der Waals surface area contributed by atoms with Crippen molar-refractivity contribution < 1.29 is 14.0 Å². The maximum atomic E-state index is 14.0. The van der Waals surface area contributed by atoms with Crippen molar-refractivity contribution in [1.29, 1.82) is 0 Å². The molecule has 3 atom stereocenters. The van der Waals surface area contributed by atoms with E-state index in [1.807, 2.05) is 30.3 Å². The molecule has 3 aromatic carbocycles. The Labute approximate surface area is 240 Å². The number of carbonyl (C=O) groups is 2. The summed E-state index contributed by atoms with van der Waals surface area (Å²) < 4.78 is 13.3. The highest BCUT2D eigenvalue weighted by molar-refractivity contribution is 5.90. The summed E-state index contributed by atoms with van der Waals surface area (Å²) in [4.78, 5) is 32.9. The summed E-state index contributed by atoms with van der Waals surface area (Å²) in [5.41, 5.74) is 12.9. The number of hydrogen-bond acceptors (Lipinski definition) is 5. The van der Waals surface area contributed by atoms with Gasteiger partial charge in [-0.15, -0.1) is 0 Å². The van der Waals surface area contributed by atoms with Crippen LogP contribution in [0.1, 0.15) is 30.4 Å². The molecule has 41 heavy (non-hydrogen) atoms. The fourth-order valence-electron chi connectivity index (χ4n) is 5.32. The van der Waals surface area contributed by atoms with Crippen LogP contribution >= 0.6 is 0 Å². The van der Waals surface area contributed by atoms with E-state index < -0.39 is 12.1 Å². The van der Waals surface area contributed by atoms with E-state index in [-0.39, 0.29) is 29.6 Å². The van der Waals surface area contributed by atoms with Gasteiger partial charge in [-0.05, 0) is 53.3 Å². The van der Waals surface area contributed by atoms with Gasteiger partial charge in [0.1, 0.15) is 11.9 Å². The first-order valence-corrected chi connectivity index (χ1v) is 14.1. The standard InChI is InChI=1S/C31H40FN7O2/c1-35-29(40)28(18-22-8-11-23-5-2-3-6-24(23)17-22)39-16-14-26(20-36-19-21-9-12-25(32)13-10-21)38-27(30(39)41)7-4-15-37-31(33)34/h2-3,5-6,8-13,17,26-28,36,38H,4,7,14-16,18-20H2,1H3,(H,35,40)(H4,33,34,37)/t26-,27+,28+/m1/s1. The maximum absolute atomic E-state index is 14.0. The van der Waals surface area contributed by atoms with E-state index in [9.17, 15) is 14.0 Å². The normalized spacial score (nSPS) is 18.1. The van der Waals surface area contributed by atoms with E-state index in [0.29, 0.717) is 51.9 Å². The van der Waals surface area contributed by atoms with Crippen molar-refractivity contribution in [2.45, 2.75) is 50.4 Å². The summed E-state index contributed by atoms with van der Waals surface area (Å²) in [6, 6.07) is 19.5. The minimum Gasteiger partial charge on any atom is -0.370 e. The van der Waals surface area contributed by atoms with Gasteiger partial charge in [-0.3, -0.25) is 14.6 Å². The minimum atomic E-state index is -0.651. The molecular weight excluding hydrogens is 521 g/mol. The second kappa shape index (κ2) is 14.6. The third-order valence-corrected chi connectivity index (χ3v) is 7.48. The van der Waals surface area contributed by atoms with Crippen LogP contribution in [0.4, 0.5) is 4.39 Å². The fourth-order valence-corrected chi connectivity index (χ4v) is 5.32. The molecule has 2 amide bonds. The molecule has 7 N–H and O–H groups in total. The number of halogens is 1. The number of guanidine groups is 1. The van der Waals surface area contributed by atoms with Crippen molar-refractivity contribution in [1.82, 2.24) is 20.9 Å². The molecular formula is C31H40FN7O2. The number of likely N-dealkylation sites (N-methyl/N-ethyl adjacent to an activating group) is 1. The third-order valence-electron chi connectivity index (χ3n) is 7.48. The monoisotopic (exact) mass is 561 g/mol. The molecule has 0 spiro atoms. The average molecular weight is 562 g/mol. The summed E-state index contributed by atoms with van der Waals surface area (Å²) in [6.07, 6.45) is 2.21. The predicted octanol–water partition coefficient (Wildman–Crippen LogP) is 2.04. The summed E-state index contributed by atoms with van der Waals surface area (Å²) in [6.45, 7) is 2.04. The number of nitrogens with zero attached hydrogens (tertiary/aromatic N) is 2. The first-order valence-electron chi connectivity index (χ1n) is 14.1. The quantitative estimate of drug-likeness (QED) is 0.130. The lowest BCUT2D eigenvalue weighted by Crippen LogP contribution is -2.54. The second-order valence-electron chi connectivity index (χ2n) is 10.5. The molecule has 218 valence electrons. The zero-order chi connectivity index (χ0) is 29.2. The number of carbonyl (C=O) groups excluding carboxylic acids is 2. The predicted molar refractivity (Wildman–Crippen MR) is 161 cm³/mol. The Kier molecular flexibility index (Phi) is 10.6. The molecule has 3 aromatic rings. The number of benzene rings is 3. The fraction of sp³-hybridized carbons (Fsp3) is 0.387. The minimum absolute atomic E-state index is 0.0107. The van der Waals surface area contributed by atoms with Crippen molar-refractivity contribution >= 4 is 28.5 Å². The number of amides is 2. The molecule has 9 nitrogen and oxygen atoms in total. The lowest BCUT2D eigenvalue weighted by Gasteiger charge is -2.31. The lowest BCUT2D eigenvalue weighted by atomic mass is 9.99. The van der Waals surface area contributed by atoms with E-state index in [4.69, 9.17) is 11.5 Å². The first kappa shape index (κ1) is 30.0. The number of nitrogens with one attached hydrogen (secondary N) is 3. The summed E-state index contributed by atoms with van der Waals surface area (Å²) in [5, 5.41) is 11.9. The van der Waals surface area contributed by atoms with Crippen molar-refractivity contribution in [2.24, 2.45) is 16.5 Å². The molecule has 0 aromatic heterocycles. The van der Waals surface area contributed by atoms with Crippen LogP contribution in [-0.4, -0.2) is 67.5 Å². The van der Waals surface area contributed by atoms with Crippen LogP contribution in [-0.2, 0) is 22.6 Å². The third kappa shape index (κ3) is 8.48. The van der Waals surface area contributed by atoms with Crippen molar-refractivity contribution in [3.05, 3.63) is 83.7 Å². The van der Waals surface area contributed by atoms with Crippen molar-refractivity contribution in [3.63, 3.8) is 0 Å². The van der Waals surface area contributed by atoms with E-state index in [2.05, 4.69) is 33.1 Å². The van der Waals surface area contributed by atoms with Gasteiger partial charge in [0, 0.05) is 45.7 Å². The number of aliphatic imine (C=N–C) groups is 1. The number of nitrogens with two attached hydrogens (primary N) is 2. The topological polar surface area (TPSA) is 138 Å². The van der Waals surface area contributed by atoms with Gasteiger partial charge < -0.3 is 32.3 Å². The second-order valence-corrected chi connectivity index (χ2v) is 10.5. The number of rotatable bonds is 12. The van der Waals surface area contributed by atoms with Gasteiger partial charge in [-0.25, -0.2) is 4.39 Å². The SMILES string of the molecule is CNC(=O)[C@H](Cc1ccc2ccccc2c1)N1CC[C@H](CNCc2ccc(F)cc2)N[C@@H](CCCN=C(N)N)C1=O. The molecule has 1 heterocycles. The number of hydrogen-bond donors (Lipinski definition) is 5. The molecule has 1 aliphatic rings. The highest BCUT2D eigenvalue weighted by Gasteiger charge is 2.36. The van der Waals surface area contributed by atoms with E-state index in [1.54, 1.807) is 24.1 Å². The lowest BCUT2D eigenvalue weighted by molar-refractivity contribution is -0.141. The molecule has 0 aliphatic carbocycles. The van der Waals surface area contributed by atoms with Crippen molar-refractivity contribution in [3.8, 4) is 0 Å². The maximum Gasteiger partial charge on any atom is 0.242 e. The van der Waals surface area contributed by atoms with Gasteiger partial charge in [0.05, 0.1) is 6.04 Å². The van der Waals surface area contributed by atoms with E-state index in [1.165, 1.54) is 12.1 Å². The molecule has 0 radical (unpaired) electrons. The molecule has 4 rings (SSSR count). The van der Waals surface area contributed by atoms with Crippen LogP contribution in [0.2, 0.25) is 0 Å². The Bertz CT molecular complexity index is 1340. The van der Waals surface area contributed by atoms with Crippen LogP contribution in [0.3, 0.4) is 0 Å². The van der Waals surface area contributed by atoms with Gasteiger partial charge in [0.2, 0.25) is 11.8 Å². The van der Waals surface area contributed by atoms with E-state index >= 15 is 0 Å². The zero-order valence-electron chi connectivity index (χ0n) is 23.5. The van der Waals surface area contributed by atoms with Crippen molar-refractivity contribution in [2.75, 3.05) is 26.7 Å². The largest absolute Gasteiger partial charge is 0.370 e. The average Bonchev–Trinajstić information content (AvgIpc) is 3.12. The molecule has 0 saturated carbocycles. The summed E-state index contributed by atoms with van der Waals surface area (Å²) in [5.74, 6) is -0.552. The molecule has 0 unspecified atom stereocenters. The molecule has 0 bridgehead atoms. The van der Waals surface area contributed by atoms with Gasteiger partial charge in [-0.2, -0.15) is 0 Å². The summed E-state index contributed by atoms with van der Waals surface area (Å²) in [7, 11) is 1.60. The van der Waals surface area contributed by atoms with Crippen LogP contribution in [0.25, 0.3) is 10.8 Å². The Morgan fingerprint density at radius 3 is 2.56 bits per heavy atom. The highest BCUT2D eigenvalue weighted by Crippen LogP contribution is 2.21. The Morgan fingerprint density at radius 2 is 1.83 bits per heavy atom. The van der Waals surface area contributed by atoms with Gasteiger partial charge in [0.15, 0.2) is 5.96 Å². The Hall–Kier alpha value is -4.02. The smallest absolute Gasteiger partial charge is 0.242 e. The highest BCUT2D eigenvalue weighted by atomic mass is 19.1. The Morgan fingerprint density at radius 1 is 1.10 bits per heavy atom. The zero-order valence-corrected chi connectivity index (χ0v) is 23.5. The van der Waals surface area contributed by atoms with E-state index in [0.717, 1.165) is 21.9 Å². The Balaban J connectivity index is 1.51. The number of fused-ring (bicyclic) bond motifs is 1. The van der Waals surface area contributed by atoms with Crippen LogP contribution < -0.4 is 27.4 Å². The van der Waals surface area contributed by atoms with Gasteiger partial charge in [-0.1, -0.05) is 54.6 Å². The first-order chi connectivity index (χ1) is 19.8. The van der Waals surface area contributed by atoms with Crippen LogP contribution in [0, 0.1) is 5.82 Å². The molecule has 10 heteroatoms. The van der Waals surface area contributed by atoms with Crippen LogP contribution in [0.15, 0.2) is 71.7 Å². The summed E-state index contributed by atoms with van der Waals surface area (Å²) >= 11 is 0. The molecule has 1 aliphatic heterocycles. The van der Waals surface area contributed by atoms with Gasteiger partial charge in [0.25, 0.3) is 0 Å². The van der Waals surface area contributed by atoms with Gasteiger partial charge >= 0.3 is 0 Å².